The first-order valence-electron chi connectivity index (χ1n) is 26.7. The Morgan fingerprint density at radius 3 is 1.03 bits per heavy atom. The van der Waals surface area contributed by atoms with Crippen molar-refractivity contribution in [2.24, 2.45) is 68.6 Å². The molecule has 0 aromatic carbocycles. The van der Waals surface area contributed by atoms with Crippen LogP contribution < -0.4 is 43.4 Å². The van der Waals surface area contributed by atoms with Crippen LogP contribution in [-0.2, 0) is 38.4 Å². The summed E-state index contributed by atoms with van der Waals surface area (Å²) in [5.41, 5.74) is 8.08. The number of urea groups is 2. The van der Waals surface area contributed by atoms with Gasteiger partial charge in [0.1, 0.15) is 24.2 Å². The maximum absolute atomic E-state index is 13.9. The molecule has 74 heavy (non-hydrogen) atoms. The molecule has 6 rings (SSSR count). The van der Waals surface area contributed by atoms with Crippen molar-refractivity contribution in [2.45, 2.75) is 209 Å². The molecule has 20 heteroatoms. The van der Waals surface area contributed by atoms with E-state index in [1.54, 1.807) is 9.80 Å². The molecule has 20 nitrogen and oxygen atoms in total. The number of nitrogens with one attached hydrogen (secondary N) is 6. The van der Waals surface area contributed by atoms with E-state index in [1.807, 2.05) is 83.1 Å². The summed E-state index contributed by atoms with van der Waals surface area (Å²) in [6, 6.07) is -6.25. The molecule has 0 aromatic heterocycles. The fraction of sp³-hybridized carbons (Fsp3) is 0.815. The van der Waals surface area contributed by atoms with E-state index in [4.69, 9.17) is 11.5 Å². The van der Waals surface area contributed by atoms with E-state index in [-0.39, 0.29) is 58.2 Å². The first-order valence-corrected chi connectivity index (χ1v) is 26.7. The van der Waals surface area contributed by atoms with Crippen molar-refractivity contribution in [3.8, 4) is 0 Å². The van der Waals surface area contributed by atoms with E-state index in [2.05, 4.69) is 59.6 Å². The third-order valence-corrected chi connectivity index (χ3v) is 16.6. The van der Waals surface area contributed by atoms with Crippen LogP contribution in [0.3, 0.4) is 0 Å². The average Bonchev–Trinajstić information content (AvgIpc) is 3.66. The topological polar surface area (TPSA) is 301 Å². The van der Waals surface area contributed by atoms with Crippen LogP contribution >= 0.6 is 0 Å². The quantitative estimate of drug-likeness (QED) is 0.104. The number of hydrogen-bond acceptors (Lipinski definition) is 10. The number of carbonyl (C=O) groups is 10. The molecule has 4 saturated carbocycles. The van der Waals surface area contributed by atoms with Crippen LogP contribution in [0.15, 0.2) is 0 Å². The number of rotatable bonds is 16. The Bertz CT molecular complexity index is 2070. The Morgan fingerprint density at radius 2 is 0.797 bits per heavy atom. The van der Waals surface area contributed by atoms with Gasteiger partial charge in [-0.15, -0.1) is 0 Å². The Morgan fingerprint density at radius 1 is 0.500 bits per heavy atom. The number of primary amides is 2. The molecular formula is C54H90N10O10. The third kappa shape index (κ3) is 13.8. The van der Waals surface area contributed by atoms with E-state index >= 15 is 0 Å². The number of nitrogens with two attached hydrogens (primary N) is 2. The number of likely N-dealkylation sites (tertiary alicyclic amines) is 2. The Hall–Kier alpha value is -5.30. The number of amides is 10. The number of Topliss-reactive ketones (excluding diaryl/α,β-unsaturated/α-hetero) is 2. The van der Waals surface area contributed by atoms with Crippen LogP contribution in [0.25, 0.3) is 0 Å². The van der Waals surface area contributed by atoms with Gasteiger partial charge in [-0.05, 0) is 112 Å². The van der Waals surface area contributed by atoms with Crippen molar-refractivity contribution in [1.82, 2.24) is 41.7 Å². The molecule has 2 heterocycles. The second kappa shape index (κ2) is 21.4. The van der Waals surface area contributed by atoms with Crippen LogP contribution in [0.4, 0.5) is 9.59 Å². The lowest BCUT2D eigenvalue weighted by Gasteiger charge is -2.38. The molecule has 2 saturated heterocycles. The Labute approximate surface area is 438 Å². The zero-order valence-corrected chi connectivity index (χ0v) is 47.1. The van der Waals surface area contributed by atoms with Crippen LogP contribution in [-0.4, -0.2) is 129 Å². The summed E-state index contributed by atoms with van der Waals surface area (Å²) in [5, 5.41) is 16.9. The molecule has 0 radical (unpaired) electrons. The largest absolute Gasteiger partial charge is 0.363 e. The van der Waals surface area contributed by atoms with E-state index < -0.39 is 105 Å². The SMILES string of the molecule is CC(C)(C)NC(=O)N[C@H](C(=O)N1CC2C([C@H]1C(=O)NC(CC1CCC1)C(=O)C(N)=O)C2(C)C)C(C)(C)C.CC(C)(C)NC(=O)N[C@H](C(=O)N1CC2C([C@H]1C(=O)NC(CC1CCC1)C(=O)C(N)=O)C2(C)C)C(C)(C)C. The highest BCUT2D eigenvalue weighted by molar-refractivity contribution is 6.38. The van der Waals surface area contributed by atoms with Gasteiger partial charge in [0.15, 0.2) is 0 Å². The van der Waals surface area contributed by atoms with Crippen LogP contribution in [0, 0.1) is 57.2 Å². The molecule has 0 bridgehead atoms. The monoisotopic (exact) mass is 1040 g/mol. The highest BCUT2D eigenvalue weighted by Gasteiger charge is 2.71. The lowest BCUT2D eigenvalue weighted by atomic mass is 9.80. The maximum atomic E-state index is 13.9. The minimum Gasteiger partial charge on any atom is -0.363 e. The second-order valence-electron chi connectivity index (χ2n) is 27.7. The van der Waals surface area contributed by atoms with E-state index in [0.29, 0.717) is 25.9 Å². The van der Waals surface area contributed by atoms with Crippen LogP contribution in [0.1, 0.15) is 162 Å². The molecule has 10 atom stereocenters. The summed E-state index contributed by atoms with van der Waals surface area (Å²) in [4.78, 5) is 132. The summed E-state index contributed by atoms with van der Waals surface area (Å²) < 4.78 is 0. The zero-order valence-electron chi connectivity index (χ0n) is 47.1. The number of fused-ring (bicyclic) bond motifs is 2. The molecule has 6 aliphatic rings. The Balaban J connectivity index is 0.000000274. The first kappa shape index (κ1) is 59.6. The van der Waals surface area contributed by atoms with Gasteiger partial charge in [-0.2, -0.15) is 0 Å². The standard InChI is InChI=1S/2C27H45N5O5/c2*1-25(2,3)20(30-24(37)31-26(4,5)6)23(36)32-13-15-17(27(15,7)8)18(32)22(35)29-16(19(33)21(28)34)12-14-10-9-11-14/h2*14-18,20H,9-13H2,1-8H3,(H2,28,34)(H,29,35)(H2,30,31,37)/t2*15?,16?,17?,18-,20+/m00/s1. The molecule has 4 aliphatic carbocycles. The van der Waals surface area contributed by atoms with Gasteiger partial charge < -0.3 is 53.2 Å². The van der Waals surface area contributed by atoms with Gasteiger partial charge in [0.25, 0.3) is 11.8 Å². The third-order valence-electron chi connectivity index (χ3n) is 16.6. The van der Waals surface area contributed by atoms with E-state index in [1.165, 1.54) is 0 Å². The highest BCUT2D eigenvalue weighted by atomic mass is 16.2. The Kier molecular flexibility index (Phi) is 17.2. The van der Waals surface area contributed by atoms with Crippen molar-refractivity contribution >= 4 is 59.1 Å². The van der Waals surface area contributed by atoms with E-state index in [0.717, 1.165) is 38.5 Å². The van der Waals surface area contributed by atoms with Gasteiger partial charge in [0.05, 0.1) is 12.1 Å². The number of carbonyl (C=O) groups excluding carboxylic acids is 10. The normalized spacial score (nSPS) is 26.3. The first-order chi connectivity index (χ1) is 33.7. The number of nitrogens with zero attached hydrogens (tertiary/aromatic N) is 2. The molecule has 0 spiro atoms. The highest BCUT2D eigenvalue weighted by Crippen LogP contribution is 2.66. The molecule has 10 N–H and O–H groups in total. The minimum absolute atomic E-state index is 0.0755. The van der Waals surface area contributed by atoms with Gasteiger partial charge in [0.2, 0.25) is 35.2 Å². The fourth-order valence-electron chi connectivity index (χ4n) is 11.7. The molecule has 6 unspecified atom stereocenters. The predicted molar refractivity (Wildman–Crippen MR) is 278 cm³/mol. The molecule has 416 valence electrons. The van der Waals surface area contributed by atoms with Gasteiger partial charge in [-0.1, -0.05) is 108 Å². The van der Waals surface area contributed by atoms with Crippen molar-refractivity contribution in [2.75, 3.05) is 13.1 Å². The van der Waals surface area contributed by atoms with Gasteiger partial charge >= 0.3 is 12.1 Å². The molecular weight excluding hydrogens is 949 g/mol. The summed E-state index contributed by atoms with van der Waals surface area (Å²) in [6.45, 7) is 31.4. The molecule has 10 amide bonds. The zero-order chi connectivity index (χ0) is 56.2. The fourth-order valence-corrected chi connectivity index (χ4v) is 11.7. The van der Waals surface area contributed by atoms with Crippen molar-refractivity contribution in [3.63, 3.8) is 0 Å². The van der Waals surface area contributed by atoms with Crippen molar-refractivity contribution < 1.29 is 47.9 Å². The lowest BCUT2D eigenvalue weighted by Crippen LogP contribution is -2.62. The smallest absolute Gasteiger partial charge is 0.315 e. The maximum Gasteiger partial charge on any atom is 0.315 e. The average molecular weight is 1040 g/mol. The summed E-state index contributed by atoms with van der Waals surface area (Å²) >= 11 is 0. The number of hydrogen-bond donors (Lipinski definition) is 8. The summed E-state index contributed by atoms with van der Waals surface area (Å²) in [7, 11) is 0. The van der Waals surface area contributed by atoms with E-state index in [9.17, 15) is 47.9 Å². The molecule has 2 aliphatic heterocycles. The predicted octanol–water partition coefficient (Wildman–Crippen LogP) is 3.42. The number of piperidine rings is 2. The summed E-state index contributed by atoms with van der Waals surface area (Å²) in [6.07, 6.45) is 6.63. The number of ketones is 2. The molecule has 6 fully saturated rings. The minimum atomic E-state index is -1.07. The molecule has 0 aromatic rings. The van der Waals surface area contributed by atoms with Crippen molar-refractivity contribution in [1.29, 1.82) is 0 Å². The van der Waals surface area contributed by atoms with Gasteiger partial charge in [-0.25, -0.2) is 9.59 Å². The van der Waals surface area contributed by atoms with Crippen LogP contribution in [0.2, 0.25) is 0 Å². The van der Waals surface area contributed by atoms with Gasteiger partial charge in [0, 0.05) is 24.2 Å². The van der Waals surface area contributed by atoms with Crippen LogP contribution in [0.5, 0.6) is 0 Å². The summed E-state index contributed by atoms with van der Waals surface area (Å²) in [5.74, 6) is -4.70. The van der Waals surface area contributed by atoms with Gasteiger partial charge in [-0.3, -0.25) is 38.4 Å². The lowest BCUT2D eigenvalue weighted by molar-refractivity contribution is -0.145. The van der Waals surface area contributed by atoms with Crippen molar-refractivity contribution in [3.05, 3.63) is 0 Å². The second-order valence-corrected chi connectivity index (χ2v) is 27.7.